The highest BCUT2D eigenvalue weighted by Crippen LogP contribution is 2.28. The Bertz CT molecular complexity index is 339. The van der Waals surface area contributed by atoms with Crippen molar-refractivity contribution in [2.75, 3.05) is 17.6 Å². The van der Waals surface area contributed by atoms with Crippen molar-refractivity contribution in [1.29, 1.82) is 0 Å². The van der Waals surface area contributed by atoms with Crippen LogP contribution >= 0.6 is 22.6 Å². The van der Waals surface area contributed by atoms with E-state index in [1.807, 2.05) is 12.1 Å². The van der Waals surface area contributed by atoms with Crippen LogP contribution in [0.4, 0.5) is 0 Å². The Hall–Kier alpha value is -0.750. The molecule has 4 heteroatoms. The van der Waals surface area contributed by atoms with E-state index in [0.29, 0.717) is 24.7 Å². The molecule has 0 aliphatic rings. The van der Waals surface area contributed by atoms with Gasteiger partial charge >= 0.3 is 0 Å². The predicted octanol–water partition coefficient (Wildman–Crippen LogP) is 2.56. The van der Waals surface area contributed by atoms with Crippen LogP contribution in [0.25, 0.3) is 0 Å². The number of aliphatic hydroxyl groups is 1. The van der Waals surface area contributed by atoms with Crippen LogP contribution in [-0.2, 0) is 6.61 Å². The zero-order valence-corrected chi connectivity index (χ0v) is 11.1. The lowest BCUT2D eigenvalue weighted by molar-refractivity contribution is 0.277. The first kappa shape index (κ1) is 13.3. The van der Waals surface area contributed by atoms with Crippen LogP contribution in [0.2, 0.25) is 0 Å². The Morgan fingerprint density at radius 2 is 2.12 bits per heavy atom. The number of rotatable bonds is 7. The van der Waals surface area contributed by atoms with Gasteiger partial charge in [-0.25, -0.2) is 0 Å². The third kappa shape index (κ3) is 4.02. The molecule has 0 saturated heterocycles. The largest absolute Gasteiger partial charge is 0.489 e. The third-order valence-electron chi connectivity index (χ3n) is 1.88. The van der Waals surface area contributed by atoms with Gasteiger partial charge < -0.3 is 14.6 Å². The van der Waals surface area contributed by atoms with Gasteiger partial charge in [0.1, 0.15) is 6.61 Å². The SMILES string of the molecule is C=CCOc1cc(CO)ccc1OCCI. The molecule has 0 radical (unpaired) electrons. The van der Waals surface area contributed by atoms with E-state index in [2.05, 4.69) is 29.2 Å². The molecule has 1 aromatic rings. The normalized spacial score (nSPS) is 9.88. The van der Waals surface area contributed by atoms with E-state index in [1.54, 1.807) is 12.1 Å². The van der Waals surface area contributed by atoms with Crippen LogP contribution in [0.5, 0.6) is 11.5 Å². The Morgan fingerprint density at radius 1 is 1.31 bits per heavy atom. The summed E-state index contributed by atoms with van der Waals surface area (Å²) in [6, 6.07) is 5.42. The molecule has 0 unspecified atom stereocenters. The number of hydrogen-bond acceptors (Lipinski definition) is 3. The maximum Gasteiger partial charge on any atom is 0.162 e. The minimum atomic E-state index is -0.00296. The van der Waals surface area contributed by atoms with E-state index in [9.17, 15) is 0 Å². The van der Waals surface area contributed by atoms with Gasteiger partial charge in [-0.05, 0) is 17.7 Å². The lowest BCUT2D eigenvalue weighted by atomic mass is 10.2. The van der Waals surface area contributed by atoms with Gasteiger partial charge in [0, 0.05) is 4.43 Å². The second-order valence-corrected chi connectivity index (χ2v) is 4.16. The van der Waals surface area contributed by atoms with E-state index in [-0.39, 0.29) is 6.61 Å². The molecule has 1 aromatic carbocycles. The molecule has 0 fully saturated rings. The maximum atomic E-state index is 9.04. The summed E-state index contributed by atoms with van der Waals surface area (Å²) in [6.45, 7) is 4.66. The fourth-order valence-electron chi connectivity index (χ4n) is 1.18. The van der Waals surface area contributed by atoms with Crippen LogP contribution in [0.15, 0.2) is 30.9 Å². The fraction of sp³-hybridized carbons (Fsp3) is 0.333. The average molecular weight is 334 g/mol. The molecule has 1 rings (SSSR count). The van der Waals surface area contributed by atoms with Crippen molar-refractivity contribution < 1.29 is 14.6 Å². The van der Waals surface area contributed by atoms with Crippen molar-refractivity contribution in [3.05, 3.63) is 36.4 Å². The molecule has 0 bridgehead atoms. The first-order valence-corrected chi connectivity index (χ1v) is 6.50. The van der Waals surface area contributed by atoms with E-state index in [1.165, 1.54) is 0 Å². The van der Waals surface area contributed by atoms with Gasteiger partial charge in [-0.2, -0.15) is 0 Å². The summed E-state index contributed by atoms with van der Waals surface area (Å²) in [5.74, 6) is 1.35. The molecule has 3 nitrogen and oxygen atoms in total. The molecule has 0 atom stereocenters. The average Bonchev–Trinajstić information content (AvgIpc) is 2.34. The Labute approximate surface area is 109 Å². The molecular formula is C12H15IO3. The summed E-state index contributed by atoms with van der Waals surface area (Å²) in [4.78, 5) is 0. The van der Waals surface area contributed by atoms with E-state index >= 15 is 0 Å². The minimum Gasteiger partial charge on any atom is -0.489 e. The zero-order valence-electron chi connectivity index (χ0n) is 8.99. The number of ether oxygens (including phenoxy) is 2. The minimum absolute atomic E-state index is 0.00296. The highest BCUT2D eigenvalue weighted by Gasteiger charge is 2.05. The summed E-state index contributed by atoms with van der Waals surface area (Å²) < 4.78 is 11.9. The Kier molecular flexibility index (Phi) is 6.25. The summed E-state index contributed by atoms with van der Waals surface area (Å²) in [6.07, 6.45) is 1.67. The Balaban J connectivity index is 2.82. The van der Waals surface area contributed by atoms with Crippen LogP contribution in [0, 0.1) is 0 Å². The molecule has 1 N–H and O–H groups in total. The standard InChI is InChI=1S/C12H15IO3/c1-2-6-15-12-8-10(9-14)3-4-11(12)16-7-5-13/h2-4,8,14H,1,5-7,9H2. The lowest BCUT2D eigenvalue weighted by Gasteiger charge is -2.12. The molecule has 0 spiro atoms. The third-order valence-corrected chi connectivity index (χ3v) is 2.32. The van der Waals surface area contributed by atoms with Crippen LogP contribution in [0.1, 0.15) is 5.56 Å². The van der Waals surface area contributed by atoms with Crippen molar-refractivity contribution in [3.8, 4) is 11.5 Å². The van der Waals surface area contributed by atoms with Crippen molar-refractivity contribution in [2.24, 2.45) is 0 Å². The first-order chi connectivity index (χ1) is 7.81. The number of hydrogen-bond donors (Lipinski definition) is 1. The van der Waals surface area contributed by atoms with Gasteiger partial charge in [-0.3, -0.25) is 0 Å². The van der Waals surface area contributed by atoms with Gasteiger partial charge in [0.15, 0.2) is 11.5 Å². The van der Waals surface area contributed by atoms with Crippen LogP contribution in [-0.4, -0.2) is 22.7 Å². The predicted molar refractivity (Wildman–Crippen MR) is 72.4 cm³/mol. The number of aliphatic hydroxyl groups excluding tert-OH is 1. The molecule has 0 amide bonds. The molecular weight excluding hydrogens is 319 g/mol. The van der Waals surface area contributed by atoms with Gasteiger partial charge in [0.05, 0.1) is 13.2 Å². The van der Waals surface area contributed by atoms with E-state index < -0.39 is 0 Å². The molecule has 88 valence electrons. The molecule has 16 heavy (non-hydrogen) atoms. The monoisotopic (exact) mass is 334 g/mol. The van der Waals surface area contributed by atoms with E-state index in [4.69, 9.17) is 14.6 Å². The molecule has 0 aromatic heterocycles. The van der Waals surface area contributed by atoms with Crippen molar-refractivity contribution >= 4 is 22.6 Å². The number of benzene rings is 1. The van der Waals surface area contributed by atoms with Crippen LogP contribution < -0.4 is 9.47 Å². The number of halogens is 1. The summed E-state index contributed by atoms with van der Waals surface area (Å²) in [5, 5.41) is 9.04. The molecule has 0 saturated carbocycles. The topological polar surface area (TPSA) is 38.7 Å². The fourth-order valence-corrected chi connectivity index (χ4v) is 1.40. The quantitative estimate of drug-likeness (QED) is 0.473. The van der Waals surface area contributed by atoms with Crippen LogP contribution in [0.3, 0.4) is 0 Å². The summed E-state index contributed by atoms with van der Waals surface area (Å²) in [5.41, 5.74) is 0.806. The summed E-state index contributed by atoms with van der Waals surface area (Å²) >= 11 is 2.25. The Morgan fingerprint density at radius 3 is 2.75 bits per heavy atom. The second kappa shape index (κ2) is 7.51. The second-order valence-electron chi connectivity index (χ2n) is 3.08. The van der Waals surface area contributed by atoms with Gasteiger partial charge in [-0.1, -0.05) is 41.3 Å². The molecule has 0 heterocycles. The van der Waals surface area contributed by atoms with Crippen molar-refractivity contribution in [3.63, 3.8) is 0 Å². The van der Waals surface area contributed by atoms with Gasteiger partial charge in [0.25, 0.3) is 0 Å². The highest BCUT2D eigenvalue weighted by molar-refractivity contribution is 14.1. The first-order valence-electron chi connectivity index (χ1n) is 4.98. The molecule has 0 aliphatic heterocycles. The molecule has 0 aliphatic carbocycles. The van der Waals surface area contributed by atoms with Crippen molar-refractivity contribution in [2.45, 2.75) is 6.61 Å². The lowest BCUT2D eigenvalue weighted by Crippen LogP contribution is -2.02. The summed E-state index contributed by atoms with van der Waals surface area (Å²) in [7, 11) is 0. The highest BCUT2D eigenvalue weighted by atomic mass is 127. The zero-order chi connectivity index (χ0) is 11.8. The maximum absolute atomic E-state index is 9.04. The van der Waals surface area contributed by atoms with Gasteiger partial charge in [-0.15, -0.1) is 0 Å². The van der Waals surface area contributed by atoms with E-state index in [0.717, 1.165) is 9.99 Å². The van der Waals surface area contributed by atoms with Crippen molar-refractivity contribution in [1.82, 2.24) is 0 Å². The van der Waals surface area contributed by atoms with Gasteiger partial charge in [0.2, 0.25) is 0 Å². The number of alkyl halides is 1. The smallest absolute Gasteiger partial charge is 0.162 e.